The zero-order chi connectivity index (χ0) is 22.1. The second kappa shape index (κ2) is 10.9. The number of amides is 3. The Morgan fingerprint density at radius 3 is 2.39 bits per heavy atom. The van der Waals surface area contributed by atoms with Gasteiger partial charge in [-0.3, -0.25) is 4.79 Å². The second-order valence-electron chi connectivity index (χ2n) is 7.39. The molecule has 3 amide bonds. The van der Waals surface area contributed by atoms with Gasteiger partial charge in [0.25, 0.3) is 0 Å². The van der Waals surface area contributed by atoms with Gasteiger partial charge in [0.15, 0.2) is 0 Å². The molecule has 0 aliphatic carbocycles. The first kappa shape index (κ1) is 22.8. The fraction of sp³-hybridized carbons (Fsp3) is 0.364. The van der Waals surface area contributed by atoms with Crippen molar-refractivity contribution in [2.75, 3.05) is 25.0 Å². The maximum Gasteiger partial charge on any atom is 0.319 e. The van der Waals surface area contributed by atoms with Crippen molar-refractivity contribution >= 4 is 27.6 Å². The Balaban J connectivity index is 1.44. The van der Waals surface area contributed by atoms with Crippen LogP contribution in [0.3, 0.4) is 0 Å². The summed E-state index contributed by atoms with van der Waals surface area (Å²) in [6.45, 7) is 1.51. The molecule has 0 unspecified atom stereocenters. The molecule has 166 valence electrons. The van der Waals surface area contributed by atoms with Crippen molar-refractivity contribution in [3.63, 3.8) is 0 Å². The minimum atomic E-state index is -3.51. The van der Waals surface area contributed by atoms with Crippen LogP contribution in [0.15, 0.2) is 59.5 Å². The molecule has 0 atom stereocenters. The van der Waals surface area contributed by atoms with Crippen LogP contribution in [0, 0.1) is 0 Å². The van der Waals surface area contributed by atoms with Crippen molar-refractivity contribution in [1.29, 1.82) is 0 Å². The van der Waals surface area contributed by atoms with Crippen LogP contribution in [0.4, 0.5) is 10.5 Å². The minimum absolute atomic E-state index is 0.119. The number of anilines is 1. The normalized spacial score (nSPS) is 14.6. The summed E-state index contributed by atoms with van der Waals surface area (Å²) in [5.74, 6) is -0.232. The van der Waals surface area contributed by atoms with E-state index in [2.05, 4.69) is 16.0 Å². The highest BCUT2D eigenvalue weighted by atomic mass is 32.2. The third-order valence-corrected chi connectivity index (χ3v) is 6.90. The summed E-state index contributed by atoms with van der Waals surface area (Å²) in [5.41, 5.74) is 1.38. The van der Waals surface area contributed by atoms with Crippen LogP contribution in [0.5, 0.6) is 0 Å². The van der Waals surface area contributed by atoms with E-state index in [0.717, 1.165) is 19.3 Å². The van der Waals surface area contributed by atoms with Gasteiger partial charge in [-0.15, -0.1) is 0 Å². The standard InChI is InChI=1S/C22H28N4O4S/c27-21(12-13-23-22(28)25-19-9-3-1-4-10-19)24-17-18-8-7-11-20(16-18)31(29,30)26-14-5-2-6-15-26/h1,3-4,7-11,16H,2,5-6,12-15,17H2,(H,24,27)(H2,23,25,28). The molecule has 3 N–H and O–H groups in total. The molecule has 9 heteroatoms. The molecule has 2 aromatic rings. The van der Waals surface area contributed by atoms with Crippen molar-refractivity contribution in [3.05, 3.63) is 60.2 Å². The maximum atomic E-state index is 12.8. The van der Waals surface area contributed by atoms with Gasteiger partial charge in [-0.25, -0.2) is 13.2 Å². The van der Waals surface area contributed by atoms with Gasteiger partial charge in [0.05, 0.1) is 4.90 Å². The van der Waals surface area contributed by atoms with Crippen molar-refractivity contribution in [2.24, 2.45) is 0 Å². The van der Waals surface area contributed by atoms with Crippen LogP contribution in [0.25, 0.3) is 0 Å². The Kier molecular flexibility index (Phi) is 8.02. The lowest BCUT2D eigenvalue weighted by atomic mass is 10.2. The fourth-order valence-electron chi connectivity index (χ4n) is 3.35. The minimum Gasteiger partial charge on any atom is -0.352 e. The number of hydrogen-bond acceptors (Lipinski definition) is 4. The van der Waals surface area contributed by atoms with Crippen molar-refractivity contribution in [2.45, 2.75) is 37.1 Å². The summed E-state index contributed by atoms with van der Waals surface area (Å²) >= 11 is 0. The van der Waals surface area contributed by atoms with Gasteiger partial charge >= 0.3 is 6.03 Å². The second-order valence-corrected chi connectivity index (χ2v) is 9.32. The molecule has 31 heavy (non-hydrogen) atoms. The molecular formula is C22H28N4O4S. The summed E-state index contributed by atoms with van der Waals surface area (Å²) in [6.07, 6.45) is 2.94. The number of piperidine rings is 1. The highest BCUT2D eigenvalue weighted by molar-refractivity contribution is 7.89. The van der Waals surface area contributed by atoms with Crippen LogP contribution in [0.2, 0.25) is 0 Å². The smallest absolute Gasteiger partial charge is 0.319 e. The van der Waals surface area contributed by atoms with Crippen molar-refractivity contribution in [1.82, 2.24) is 14.9 Å². The van der Waals surface area contributed by atoms with Crippen LogP contribution in [0.1, 0.15) is 31.2 Å². The number of rotatable bonds is 8. The zero-order valence-corrected chi connectivity index (χ0v) is 18.2. The van der Waals surface area contributed by atoms with Gasteiger partial charge in [-0.05, 0) is 42.7 Å². The zero-order valence-electron chi connectivity index (χ0n) is 17.3. The Morgan fingerprint density at radius 2 is 1.65 bits per heavy atom. The van der Waals surface area contributed by atoms with Gasteiger partial charge in [0.2, 0.25) is 15.9 Å². The fourth-order valence-corrected chi connectivity index (χ4v) is 4.93. The number of carbonyl (C=O) groups excluding carboxylic acids is 2. The van der Waals surface area contributed by atoms with Gasteiger partial charge in [0.1, 0.15) is 0 Å². The lowest BCUT2D eigenvalue weighted by Gasteiger charge is -2.26. The van der Waals surface area contributed by atoms with E-state index in [4.69, 9.17) is 0 Å². The Hall–Kier alpha value is -2.91. The maximum absolute atomic E-state index is 12.8. The van der Waals surface area contributed by atoms with Crippen molar-refractivity contribution in [3.8, 4) is 0 Å². The van der Waals surface area contributed by atoms with E-state index in [9.17, 15) is 18.0 Å². The molecule has 0 aromatic heterocycles. The Bertz CT molecular complexity index is 990. The molecule has 1 fully saturated rings. The first-order valence-electron chi connectivity index (χ1n) is 10.4. The molecule has 1 aliphatic heterocycles. The summed E-state index contributed by atoms with van der Waals surface area (Å²) in [7, 11) is -3.51. The average Bonchev–Trinajstić information content (AvgIpc) is 2.79. The number of hydrogen-bond donors (Lipinski definition) is 3. The van der Waals surface area contributed by atoms with Crippen LogP contribution in [-0.2, 0) is 21.4 Å². The number of urea groups is 1. The number of para-hydroxylation sites is 1. The summed E-state index contributed by atoms with van der Waals surface area (Å²) in [5, 5.41) is 8.07. The summed E-state index contributed by atoms with van der Waals surface area (Å²) in [4.78, 5) is 24.1. The van der Waals surface area contributed by atoms with Crippen molar-refractivity contribution < 1.29 is 18.0 Å². The SMILES string of the molecule is O=C(CCNC(=O)Nc1ccccc1)NCc1cccc(S(=O)(=O)N2CCCCC2)c1. The molecule has 1 saturated heterocycles. The van der Waals surface area contributed by atoms with E-state index in [1.807, 2.05) is 18.2 Å². The molecule has 8 nitrogen and oxygen atoms in total. The molecular weight excluding hydrogens is 416 g/mol. The van der Waals surface area contributed by atoms with E-state index in [1.165, 1.54) is 4.31 Å². The monoisotopic (exact) mass is 444 g/mol. The number of benzene rings is 2. The molecule has 3 rings (SSSR count). The highest BCUT2D eigenvalue weighted by Crippen LogP contribution is 2.21. The van der Waals surface area contributed by atoms with E-state index >= 15 is 0 Å². The largest absolute Gasteiger partial charge is 0.352 e. The van der Waals surface area contributed by atoms with E-state index < -0.39 is 10.0 Å². The topological polar surface area (TPSA) is 108 Å². The molecule has 1 heterocycles. The number of nitrogens with one attached hydrogen (secondary N) is 3. The lowest BCUT2D eigenvalue weighted by Crippen LogP contribution is -2.35. The van der Waals surface area contributed by atoms with Gasteiger partial charge in [0, 0.05) is 38.3 Å². The third kappa shape index (κ3) is 6.80. The van der Waals surface area contributed by atoms with Gasteiger partial charge < -0.3 is 16.0 Å². The number of nitrogens with zero attached hydrogens (tertiary/aromatic N) is 1. The van der Waals surface area contributed by atoms with E-state index in [-0.39, 0.29) is 36.3 Å². The average molecular weight is 445 g/mol. The number of carbonyl (C=O) groups is 2. The molecule has 0 saturated carbocycles. The van der Waals surface area contributed by atoms with E-state index in [0.29, 0.717) is 24.3 Å². The predicted octanol–water partition coefficient (Wildman–Crippen LogP) is 2.69. The summed E-state index contributed by atoms with van der Waals surface area (Å²) < 4.78 is 27.1. The van der Waals surface area contributed by atoms with Gasteiger partial charge in [-0.2, -0.15) is 4.31 Å². The first-order valence-corrected chi connectivity index (χ1v) is 11.8. The van der Waals surface area contributed by atoms with Gasteiger partial charge in [-0.1, -0.05) is 36.8 Å². The van der Waals surface area contributed by atoms with Crippen LogP contribution in [-0.4, -0.2) is 44.3 Å². The van der Waals surface area contributed by atoms with E-state index in [1.54, 1.807) is 36.4 Å². The molecule has 1 aliphatic rings. The predicted molar refractivity (Wildman–Crippen MR) is 119 cm³/mol. The molecule has 2 aromatic carbocycles. The highest BCUT2D eigenvalue weighted by Gasteiger charge is 2.25. The Labute approximate surface area is 183 Å². The third-order valence-electron chi connectivity index (χ3n) is 5.01. The van der Waals surface area contributed by atoms with Crippen LogP contribution >= 0.6 is 0 Å². The number of sulfonamides is 1. The Morgan fingerprint density at radius 1 is 0.903 bits per heavy atom. The lowest BCUT2D eigenvalue weighted by molar-refractivity contribution is -0.121. The summed E-state index contributed by atoms with van der Waals surface area (Å²) in [6, 6.07) is 15.3. The molecule has 0 spiro atoms. The molecule has 0 radical (unpaired) electrons. The first-order chi connectivity index (χ1) is 14.9. The van der Waals surface area contributed by atoms with Crippen LogP contribution < -0.4 is 16.0 Å². The quantitative estimate of drug-likeness (QED) is 0.582. The molecule has 0 bridgehead atoms.